The summed E-state index contributed by atoms with van der Waals surface area (Å²) in [7, 11) is 0. The Morgan fingerprint density at radius 2 is 1.83 bits per heavy atom. The number of benzene rings is 1. The summed E-state index contributed by atoms with van der Waals surface area (Å²) in [5.41, 5.74) is 5.16. The van der Waals surface area contributed by atoms with E-state index in [1.165, 1.54) is 42.4 Å². The van der Waals surface area contributed by atoms with Crippen molar-refractivity contribution in [2.24, 2.45) is 0 Å². The average molecular weight is 237 g/mol. The summed E-state index contributed by atoms with van der Waals surface area (Å²) >= 11 is 0. The SMILES string of the molecule is Cc1ccccc1-c1cc(C2CCCC2)ccn1. The highest BCUT2D eigenvalue weighted by molar-refractivity contribution is 5.63. The molecule has 18 heavy (non-hydrogen) atoms. The molecule has 0 spiro atoms. The molecule has 1 aliphatic carbocycles. The van der Waals surface area contributed by atoms with Crippen molar-refractivity contribution in [1.29, 1.82) is 0 Å². The van der Waals surface area contributed by atoms with Gasteiger partial charge in [-0.3, -0.25) is 4.98 Å². The van der Waals surface area contributed by atoms with Crippen molar-refractivity contribution in [2.45, 2.75) is 38.5 Å². The van der Waals surface area contributed by atoms with Crippen LogP contribution < -0.4 is 0 Å². The van der Waals surface area contributed by atoms with Crippen molar-refractivity contribution in [3.8, 4) is 11.3 Å². The number of aromatic nitrogens is 1. The fraction of sp³-hybridized carbons (Fsp3) is 0.353. The monoisotopic (exact) mass is 237 g/mol. The van der Waals surface area contributed by atoms with Crippen LogP contribution in [-0.4, -0.2) is 4.98 Å². The number of rotatable bonds is 2. The third-order valence-corrected chi connectivity index (χ3v) is 4.03. The third kappa shape index (κ3) is 2.17. The first-order valence-electron chi connectivity index (χ1n) is 6.86. The van der Waals surface area contributed by atoms with Crippen molar-refractivity contribution in [2.75, 3.05) is 0 Å². The van der Waals surface area contributed by atoms with Gasteiger partial charge >= 0.3 is 0 Å². The highest BCUT2D eigenvalue weighted by Gasteiger charge is 2.17. The van der Waals surface area contributed by atoms with E-state index in [0.29, 0.717) is 0 Å². The van der Waals surface area contributed by atoms with Crippen LogP contribution in [0.25, 0.3) is 11.3 Å². The van der Waals surface area contributed by atoms with E-state index in [1.54, 1.807) is 0 Å². The van der Waals surface area contributed by atoms with E-state index >= 15 is 0 Å². The summed E-state index contributed by atoms with van der Waals surface area (Å²) in [6.45, 7) is 2.15. The Labute approximate surface area is 109 Å². The molecular weight excluding hydrogens is 218 g/mol. The van der Waals surface area contributed by atoms with Gasteiger partial charge in [-0.15, -0.1) is 0 Å². The van der Waals surface area contributed by atoms with Crippen LogP contribution in [0.4, 0.5) is 0 Å². The van der Waals surface area contributed by atoms with E-state index in [0.717, 1.165) is 11.6 Å². The Kier molecular flexibility index (Phi) is 3.14. The summed E-state index contributed by atoms with van der Waals surface area (Å²) in [6, 6.07) is 13.0. The topological polar surface area (TPSA) is 12.9 Å². The smallest absolute Gasteiger partial charge is 0.0707 e. The van der Waals surface area contributed by atoms with Crippen LogP contribution in [0.15, 0.2) is 42.6 Å². The van der Waals surface area contributed by atoms with Crippen molar-refractivity contribution in [1.82, 2.24) is 4.98 Å². The molecule has 1 aromatic heterocycles. The van der Waals surface area contributed by atoms with Crippen LogP contribution in [0.3, 0.4) is 0 Å². The second-order valence-corrected chi connectivity index (χ2v) is 5.27. The summed E-state index contributed by atoms with van der Waals surface area (Å²) < 4.78 is 0. The number of nitrogens with zero attached hydrogens (tertiary/aromatic N) is 1. The van der Waals surface area contributed by atoms with E-state index < -0.39 is 0 Å². The lowest BCUT2D eigenvalue weighted by Crippen LogP contribution is -1.95. The van der Waals surface area contributed by atoms with Crippen LogP contribution in [0.5, 0.6) is 0 Å². The Hall–Kier alpha value is -1.63. The second-order valence-electron chi connectivity index (χ2n) is 5.27. The molecule has 1 heteroatoms. The summed E-state index contributed by atoms with van der Waals surface area (Å²) in [5.74, 6) is 0.760. The molecule has 0 aliphatic heterocycles. The van der Waals surface area contributed by atoms with Gasteiger partial charge in [0.15, 0.2) is 0 Å². The minimum absolute atomic E-state index is 0.760. The molecular formula is C17H19N. The molecule has 1 heterocycles. The minimum atomic E-state index is 0.760. The molecule has 0 N–H and O–H groups in total. The zero-order valence-electron chi connectivity index (χ0n) is 10.9. The lowest BCUT2D eigenvalue weighted by atomic mass is 9.96. The molecule has 3 rings (SSSR count). The standard InChI is InChI=1S/C17H19N/c1-13-6-2-5-9-16(13)17-12-15(10-11-18-17)14-7-3-4-8-14/h2,5-6,9-12,14H,3-4,7-8H2,1H3. The Morgan fingerprint density at radius 3 is 2.61 bits per heavy atom. The van der Waals surface area contributed by atoms with E-state index in [2.05, 4.69) is 48.3 Å². The third-order valence-electron chi connectivity index (χ3n) is 4.03. The Balaban J connectivity index is 1.98. The zero-order chi connectivity index (χ0) is 12.4. The maximum atomic E-state index is 4.54. The lowest BCUT2D eigenvalue weighted by molar-refractivity contribution is 0.722. The van der Waals surface area contributed by atoms with Gasteiger partial charge in [0.2, 0.25) is 0 Å². The van der Waals surface area contributed by atoms with Crippen molar-refractivity contribution in [3.63, 3.8) is 0 Å². The average Bonchev–Trinajstić information content (AvgIpc) is 2.93. The van der Waals surface area contributed by atoms with E-state index in [4.69, 9.17) is 0 Å². The van der Waals surface area contributed by atoms with E-state index in [-0.39, 0.29) is 0 Å². The van der Waals surface area contributed by atoms with E-state index in [1.807, 2.05) is 6.20 Å². The quantitative estimate of drug-likeness (QED) is 0.736. The molecule has 0 unspecified atom stereocenters. The van der Waals surface area contributed by atoms with Gasteiger partial charge in [0.05, 0.1) is 5.69 Å². The van der Waals surface area contributed by atoms with Crippen LogP contribution in [0.1, 0.15) is 42.7 Å². The largest absolute Gasteiger partial charge is 0.256 e. The second kappa shape index (κ2) is 4.93. The maximum absolute atomic E-state index is 4.54. The van der Waals surface area contributed by atoms with Gasteiger partial charge < -0.3 is 0 Å². The number of hydrogen-bond donors (Lipinski definition) is 0. The Bertz CT molecular complexity index is 539. The summed E-state index contributed by atoms with van der Waals surface area (Å²) in [4.78, 5) is 4.54. The highest BCUT2D eigenvalue weighted by Crippen LogP contribution is 2.35. The number of hydrogen-bond acceptors (Lipinski definition) is 1. The molecule has 0 radical (unpaired) electrons. The van der Waals surface area contributed by atoms with Gasteiger partial charge in [-0.25, -0.2) is 0 Å². The highest BCUT2D eigenvalue weighted by atomic mass is 14.7. The molecule has 0 bridgehead atoms. The van der Waals surface area contributed by atoms with Gasteiger partial charge in [-0.05, 0) is 48.9 Å². The molecule has 1 aliphatic rings. The predicted octanol–water partition coefficient (Wildman–Crippen LogP) is 4.71. The van der Waals surface area contributed by atoms with Crippen molar-refractivity contribution < 1.29 is 0 Å². The normalized spacial score (nSPS) is 16.1. The van der Waals surface area contributed by atoms with Gasteiger partial charge in [0, 0.05) is 11.8 Å². The Morgan fingerprint density at radius 1 is 1.06 bits per heavy atom. The zero-order valence-corrected chi connectivity index (χ0v) is 10.9. The summed E-state index contributed by atoms with van der Waals surface area (Å²) in [5, 5.41) is 0. The molecule has 0 atom stereocenters. The fourth-order valence-corrected chi connectivity index (χ4v) is 2.97. The summed E-state index contributed by atoms with van der Waals surface area (Å²) in [6.07, 6.45) is 7.42. The maximum Gasteiger partial charge on any atom is 0.0707 e. The molecule has 0 amide bonds. The van der Waals surface area contributed by atoms with Crippen LogP contribution in [-0.2, 0) is 0 Å². The fourth-order valence-electron chi connectivity index (χ4n) is 2.97. The first kappa shape index (κ1) is 11.5. The lowest BCUT2D eigenvalue weighted by Gasteiger charge is -2.11. The number of aryl methyl sites for hydroxylation is 1. The minimum Gasteiger partial charge on any atom is -0.256 e. The molecule has 0 saturated heterocycles. The molecule has 1 saturated carbocycles. The predicted molar refractivity (Wildman–Crippen MR) is 75.6 cm³/mol. The molecule has 1 nitrogen and oxygen atoms in total. The van der Waals surface area contributed by atoms with Crippen LogP contribution in [0.2, 0.25) is 0 Å². The van der Waals surface area contributed by atoms with Gasteiger partial charge in [-0.1, -0.05) is 37.1 Å². The molecule has 92 valence electrons. The first-order chi connectivity index (χ1) is 8.84. The van der Waals surface area contributed by atoms with E-state index in [9.17, 15) is 0 Å². The number of pyridine rings is 1. The molecule has 1 fully saturated rings. The van der Waals surface area contributed by atoms with Crippen LogP contribution in [0, 0.1) is 6.92 Å². The van der Waals surface area contributed by atoms with Crippen LogP contribution >= 0.6 is 0 Å². The molecule has 2 aromatic rings. The van der Waals surface area contributed by atoms with Gasteiger partial charge in [0.25, 0.3) is 0 Å². The van der Waals surface area contributed by atoms with Gasteiger partial charge in [0.1, 0.15) is 0 Å². The molecule has 1 aromatic carbocycles. The van der Waals surface area contributed by atoms with Crippen molar-refractivity contribution in [3.05, 3.63) is 53.7 Å². The van der Waals surface area contributed by atoms with Crippen molar-refractivity contribution >= 4 is 0 Å². The first-order valence-corrected chi connectivity index (χ1v) is 6.86. The van der Waals surface area contributed by atoms with Gasteiger partial charge in [-0.2, -0.15) is 0 Å².